The number of allylic oxidation sites excluding steroid dienone is 2. The molecule has 0 aromatic carbocycles. The first-order chi connectivity index (χ1) is 11.8. The SMILES string of the molecule is CCCCCCCC/C=C\CCCCCCCCC1=NCCN1O. The van der Waals surface area contributed by atoms with Gasteiger partial charge in [0, 0.05) is 6.42 Å². The molecule has 1 aliphatic rings. The van der Waals surface area contributed by atoms with Gasteiger partial charge < -0.3 is 0 Å². The molecule has 140 valence electrons. The first-order valence-electron chi connectivity index (χ1n) is 10.5. The molecule has 0 aromatic heterocycles. The van der Waals surface area contributed by atoms with Gasteiger partial charge in [-0.1, -0.05) is 76.9 Å². The van der Waals surface area contributed by atoms with Gasteiger partial charge in [0.25, 0.3) is 0 Å². The van der Waals surface area contributed by atoms with E-state index in [-0.39, 0.29) is 0 Å². The van der Waals surface area contributed by atoms with Crippen LogP contribution in [-0.4, -0.2) is 29.2 Å². The van der Waals surface area contributed by atoms with Crippen molar-refractivity contribution in [2.45, 2.75) is 103 Å². The predicted octanol–water partition coefficient (Wildman–Crippen LogP) is 6.52. The van der Waals surface area contributed by atoms with Crippen molar-refractivity contribution in [3.63, 3.8) is 0 Å². The van der Waals surface area contributed by atoms with Crippen molar-refractivity contribution in [2.75, 3.05) is 13.1 Å². The molecule has 0 fully saturated rings. The highest BCUT2D eigenvalue weighted by molar-refractivity contribution is 5.82. The average molecular weight is 337 g/mol. The maximum atomic E-state index is 9.51. The Labute approximate surface area is 150 Å². The van der Waals surface area contributed by atoms with E-state index in [1.807, 2.05) is 0 Å². The van der Waals surface area contributed by atoms with Crippen molar-refractivity contribution in [3.8, 4) is 0 Å². The smallest absolute Gasteiger partial charge is 0.123 e. The molecular formula is C21H40N2O. The third kappa shape index (κ3) is 11.7. The van der Waals surface area contributed by atoms with Crippen LogP contribution >= 0.6 is 0 Å². The minimum absolute atomic E-state index is 0.682. The molecule has 0 amide bonds. The van der Waals surface area contributed by atoms with Crippen molar-refractivity contribution in [2.24, 2.45) is 4.99 Å². The summed E-state index contributed by atoms with van der Waals surface area (Å²) in [5.74, 6) is 0.894. The minimum Gasteiger partial charge on any atom is -0.287 e. The molecule has 0 aromatic rings. The van der Waals surface area contributed by atoms with E-state index in [1.54, 1.807) is 0 Å². The number of nitrogens with zero attached hydrogens (tertiary/aromatic N) is 2. The molecule has 0 saturated heterocycles. The average Bonchev–Trinajstić information content (AvgIpc) is 2.99. The zero-order valence-electron chi connectivity index (χ0n) is 16.0. The van der Waals surface area contributed by atoms with Crippen molar-refractivity contribution in [1.82, 2.24) is 5.06 Å². The quantitative estimate of drug-likeness (QED) is 0.257. The Morgan fingerprint density at radius 3 is 1.92 bits per heavy atom. The van der Waals surface area contributed by atoms with Gasteiger partial charge in [0.1, 0.15) is 5.84 Å². The fourth-order valence-corrected chi connectivity index (χ4v) is 3.22. The second-order valence-electron chi connectivity index (χ2n) is 7.11. The fourth-order valence-electron chi connectivity index (χ4n) is 3.22. The predicted molar refractivity (Wildman–Crippen MR) is 105 cm³/mol. The molecule has 1 aliphatic heterocycles. The molecule has 0 saturated carbocycles. The van der Waals surface area contributed by atoms with Gasteiger partial charge in [-0.2, -0.15) is 0 Å². The first-order valence-corrected chi connectivity index (χ1v) is 10.5. The van der Waals surface area contributed by atoms with Crippen LogP contribution in [0.2, 0.25) is 0 Å². The van der Waals surface area contributed by atoms with Gasteiger partial charge in [0.15, 0.2) is 0 Å². The summed E-state index contributed by atoms with van der Waals surface area (Å²) in [5.41, 5.74) is 0. The molecule has 3 heteroatoms. The summed E-state index contributed by atoms with van der Waals surface area (Å²) in [6.07, 6.45) is 24.4. The van der Waals surface area contributed by atoms with Gasteiger partial charge in [0.2, 0.25) is 0 Å². The Bertz CT molecular complexity index is 339. The lowest BCUT2D eigenvalue weighted by Gasteiger charge is -2.10. The van der Waals surface area contributed by atoms with E-state index in [0.29, 0.717) is 6.54 Å². The third-order valence-electron chi connectivity index (χ3n) is 4.82. The fraction of sp³-hybridized carbons (Fsp3) is 0.857. The number of aliphatic imine (C=N–C) groups is 1. The maximum Gasteiger partial charge on any atom is 0.123 e. The monoisotopic (exact) mass is 336 g/mol. The summed E-state index contributed by atoms with van der Waals surface area (Å²) < 4.78 is 0. The second kappa shape index (κ2) is 15.7. The van der Waals surface area contributed by atoms with E-state index in [1.165, 1.54) is 88.5 Å². The van der Waals surface area contributed by atoms with Crippen LogP contribution in [0, 0.1) is 0 Å². The summed E-state index contributed by atoms with van der Waals surface area (Å²) in [6.45, 7) is 3.72. The molecule has 1 rings (SSSR count). The molecule has 0 unspecified atom stereocenters. The van der Waals surface area contributed by atoms with Crippen molar-refractivity contribution >= 4 is 5.84 Å². The van der Waals surface area contributed by atoms with Crippen LogP contribution in [0.15, 0.2) is 17.1 Å². The van der Waals surface area contributed by atoms with Crippen LogP contribution in [0.25, 0.3) is 0 Å². The molecule has 1 N–H and O–H groups in total. The van der Waals surface area contributed by atoms with Gasteiger partial charge in [-0.15, -0.1) is 0 Å². The van der Waals surface area contributed by atoms with E-state index in [2.05, 4.69) is 24.1 Å². The third-order valence-corrected chi connectivity index (χ3v) is 4.82. The first kappa shape index (κ1) is 21.2. The molecule has 0 bridgehead atoms. The summed E-state index contributed by atoms with van der Waals surface area (Å²) >= 11 is 0. The van der Waals surface area contributed by atoms with Crippen molar-refractivity contribution in [3.05, 3.63) is 12.2 Å². The zero-order valence-corrected chi connectivity index (χ0v) is 16.0. The van der Waals surface area contributed by atoms with Crippen LogP contribution in [0.4, 0.5) is 0 Å². The minimum atomic E-state index is 0.682. The molecule has 3 nitrogen and oxygen atoms in total. The second-order valence-corrected chi connectivity index (χ2v) is 7.11. The molecule has 0 aliphatic carbocycles. The molecule has 0 radical (unpaired) electrons. The van der Waals surface area contributed by atoms with Crippen molar-refractivity contribution < 1.29 is 5.21 Å². The van der Waals surface area contributed by atoms with Crippen molar-refractivity contribution in [1.29, 1.82) is 0 Å². The highest BCUT2D eigenvalue weighted by Crippen LogP contribution is 2.12. The maximum absolute atomic E-state index is 9.51. The normalized spacial score (nSPS) is 14.8. The Hall–Kier alpha value is -0.830. The standard InChI is InChI=1S/C21H40N2O/c1-2-3-4-5-6-7-8-9-10-11-12-13-14-15-16-17-18-21-22-19-20-23(21)24/h9-10,24H,2-8,11-20H2,1H3/b10-9-. The van der Waals surface area contributed by atoms with E-state index < -0.39 is 0 Å². The van der Waals surface area contributed by atoms with Crippen LogP contribution in [0.1, 0.15) is 103 Å². The molecule has 24 heavy (non-hydrogen) atoms. The number of rotatable bonds is 16. The molecule has 0 atom stereocenters. The van der Waals surface area contributed by atoms with Gasteiger partial charge in [-0.05, 0) is 32.1 Å². The summed E-state index contributed by atoms with van der Waals surface area (Å²) in [4.78, 5) is 4.31. The van der Waals surface area contributed by atoms with Gasteiger partial charge in [-0.25, -0.2) is 5.06 Å². The van der Waals surface area contributed by atoms with Gasteiger partial charge in [-0.3, -0.25) is 10.2 Å². The number of hydrogen-bond acceptors (Lipinski definition) is 3. The summed E-state index contributed by atoms with van der Waals surface area (Å²) in [6, 6.07) is 0. The summed E-state index contributed by atoms with van der Waals surface area (Å²) in [7, 11) is 0. The molecule has 0 spiro atoms. The topological polar surface area (TPSA) is 35.8 Å². The number of amidine groups is 1. The summed E-state index contributed by atoms with van der Waals surface area (Å²) in [5, 5.41) is 10.8. The van der Waals surface area contributed by atoms with Crippen LogP contribution in [-0.2, 0) is 0 Å². The Balaban J connectivity index is 1.75. The van der Waals surface area contributed by atoms with E-state index >= 15 is 0 Å². The van der Waals surface area contributed by atoms with E-state index in [0.717, 1.165) is 25.2 Å². The highest BCUT2D eigenvalue weighted by Gasteiger charge is 2.12. The van der Waals surface area contributed by atoms with Gasteiger partial charge >= 0.3 is 0 Å². The van der Waals surface area contributed by atoms with Gasteiger partial charge in [0.05, 0.1) is 13.1 Å². The Kier molecular flexibility index (Phi) is 13.9. The lowest BCUT2D eigenvalue weighted by atomic mass is 10.1. The van der Waals surface area contributed by atoms with E-state index in [9.17, 15) is 5.21 Å². The Morgan fingerprint density at radius 1 is 0.833 bits per heavy atom. The number of hydroxylamine groups is 2. The van der Waals surface area contributed by atoms with Crippen LogP contribution in [0.5, 0.6) is 0 Å². The molecular weight excluding hydrogens is 296 g/mol. The van der Waals surface area contributed by atoms with Crippen LogP contribution in [0.3, 0.4) is 0 Å². The van der Waals surface area contributed by atoms with E-state index in [4.69, 9.17) is 0 Å². The largest absolute Gasteiger partial charge is 0.287 e. The lowest BCUT2D eigenvalue weighted by Crippen LogP contribution is -2.23. The number of unbranched alkanes of at least 4 members (excludes halogenated alkanes) is 12. The number of hydrogen-bond donors (Lipinski definition) is 1. The van der Waals surface area contributed by atoms with Crippen LogP contribution < -0.4 is 0 Å². The zero-order chi connectivity index (χ0) is 17.3. The molecule has 1 heterocycles. The lowest BCUT2D eigenvalue weighted by molar-refractivity contribution is -0.00500. The Morgan fingerprint density at radius 2 is 1.38 bits per heavy atom. The highest BCUT2D eigenvalue weighted by atomic mass is 16.5.